The van der Waals surface area contributed by atoms with Gasteiger partial charge in [-0.2, -0.15) is 0 Å². The summed E-state index contributed by atoms with van der Waals surface area (Å²) >= 11 is 0. The molecule has 2 aliphatic heterocycles. The molecule has 1 aromatic carbocycles. The second-order valence-corrected chi connectivity index (χ2v) is 7.44. The SMILES string of the molecule is Cc1ccc2c(c1)cc(C(=O)N1CC(C(=O)N3CCCCC3)C1)n2C. The van der Waals surface area contributed by atoms with E-state index < -0.39 is 0 Å². The predicted octanol–water partition coefficient (Wildman–Crippen LogP) is 2.57. The van der Waals surface area contributed by atoms with E-state index in [0.29, 0.717) is 18.8 Å². The van der Waals surface area contributed by atoms with Gasteiger partial charge in [-0.1, -0.05) is 11.6 Å². The van der Waals surface area contributed by atoms with Crippen molar-refractivity contribution in [3.8, 4) is 0 Å². The zero-order valence-corrected chi connectivity index (χ0v) is 15.0. The third kappa shape index (κ3) is 2.81. The normalized spacial score (nSPS) is 18.5. The molecule has 2 amide bonds. The van der Waals surface area contributed by atoms with E-state index in [1.165, 1.54) is 12.0 Å². The highest BCUT2D eigenvalue weighted by molar-refractivity contribution is 6.00. The van der Waals surface area contributed by atoms with Gasteiger partial charge in [-0.05, 0) is 44.4 Å². The smallest absolute Gasteiger partial charge is 0.270 e. The summed E-state index contributed by atoms with van der Waals surface area (Å²) in [6.07, 6.45) is 3.44. The molecule has 2 aliphatic rings. The lowest BCUT2D eigenvalue weighted by Gasteiger charge is -2.41. The van der Waals surface area contributed by atoms with E-state index in [1.54, 1.807) is 4.90 Å². The molecule has 2 fully saturated rings. The molecule has 25 heavy (non-hydrogen) atoms. The minimum absolute atomic E-state index is 0.0148. The molecule has 2 saturated heterocycles. The van der Waals surface area contributed by atoms with Gasteiger partial charge >= 0.3 is 0 Å². The average molecular weight is 339 g/mol. The Morgan fingerprint density at radius 3 is 2.44 bits per heavy atom. The van der Waals surface area contributed by atoms with Crippen molar-refractivity contribution in [2.75, 3.05) is 26.2 Å². The van der Waals surface area contributed by atoms with Crippen molar-refractivity contribution in [1.82, 2.24) is 14.4 Å². The summed E-state index contributed by atoms with van der Waals surface area (Å²) in [4.78, 5) is 29.1. The molecule has 0 unspecified atom stereocenters. The third-order valence-corrected chi connectivity index (χ3v) is 5.60. The van der Waals surface area contributed by atoms with Crippen LogP contribution in [0.5, 0.6) is 0 Å². The number of likely N-dealkylation sites (tertiary alicyclic amines) is 2. The first-order chi connectivity index (χ1) is 12.0. The van der Waals surface area contributed by atoms with Gasteiger partial charge in [-0.25, -0.2) is 0 Å². The number of rotatable bonds is 2. The van der Waals surface area contributed by atoms with Crippen LogP contribution in [0.15, 0.2) is 24.3 Å². The van der Waals surface area contributed by atoms with Crippen LogP contribution in [0.2, 0.25) is 0 Å². The molecule has 0 spiro atoms. The highest BCUT2D eigenvalue weighted by Crippen LogP contribution is 2.26. The molecule has 0 atom stereocenters. The Bertz CT molecular complexity index is 827. The summed E-state index contributed by atoms with van der Waals surface area (Å²) in [6.45, 7) is 4.92. The maximum atomic E-state index is 12.8. The first-order valence-corrected chi connectivity index (χ1v) is 9.19. The molecule has 2 aromatic rings. The predicted molar refractivity (Wildman–Crippen MR) is 97.5 cm³/mol. The van der Waals surface area contributed by atoms with Crippen molar-refractivity contribution < 1.29 is 9.59 Å². The molecule has 5 nitrogen and oxygen atoms in total. The Balaban J connectivity index is 1.45. The van der Waals surface area contributed by atoms with Crippen LogP contribution in [0.1, 0.15) is 35.3 Å². The molecule has 3 heterocycles. The molecular formula is C20H25N3O2. The van der Waals surface area contributed by atoms with Crippen LogP contribution in [0.4, 0.5) is 0 Å². The molecule has 5 heteroatoms. The fourth-order valence-electron chi connectivity index (χ4n) is 4.01. The van der Waals surface area contributed by atoms with E-state index in [4.69, 9.17) is 0 Å². The van der Waals surface area contributed by atoms with Crippen LogP contribution >= 0.6 is 0 Å². The number of aromatic nitrogens is 1. The molecule has 4 rings (SSSR count). The van der Waals surface area contributed by atoms with Gasteiger partial charge in [-0.15, -0.1) is 0 Å². The summed E-state index contributed by atoms with van der Waals surface area (Å²) in [6, 6.07) is 8.18. The first kappa shape index (κ1) is 16.2. The maximum absolute atomic E-state index is 12.8. The highest BCUT2D eigenvalue weighted by atomic mass is 16.2. The van der Waals surface area contributed by atoms with Crippen molar-refractivity contribution in [3.05, 3.63) is 35.5 Å². The summed E-state index contributed by atoms with van der Waals surface area (Å²) in [5.41, 5.74) is 2.95. The molecule has 0 radical (unpaired) electrons. The van der Waals surface area contributed by atoms with E-state index in [0.717, 1.165) is 36.8 Å². The van der Waals surface area contributed by atoms with Crippen molar-refractivity contribution in [2.24, 2.45) is 13.0 Å². The van der Waals surface area contributed by atoms with E-state index in [1.807, 2.05) is 22.6 Å². The van der Waals surface area contributed by atoms with Gasteiger partial charge < -0.3 is 14.4 Å². The number of piperidine rings is 1. The van der Waals surface area contributed by atoms with Gasteiger partial charge in [0.2, 0.25) is 5.91 Å². The first-order valence-electron chi connectivity index (χ1n) is 9.19. The van der Waals surface area contributed by atoms with Gasteiger partial charge in [0, 0.05) is 44.1 Å². The number of carbonyl (C=O) groups excluding carboxylic acids is 2. The van der Waals surface area contributed by atoms with E-state index in [9.17, 15) is 9.59 Å². The van der Waals surface area contributed by atoms with Crippen molar-refractivity contribution in [2.45, 2.75) is 26.2 Å². The largest absolute Gasteiger partial charge is 0.342 e. The average Bonchev–Trinajstić information content (AvgIpc) is 2.90. The molecule has 1 aromatic heterocycles. The maximum Gasteiger partial charge on any atom is 0.270 e. The summed E-state index contributed by atoms with van der Waals surface area (Å²) in [5.74, 6) is 0.245. The molecule has 0 aliphatic carbocycles. The zero-order chi connectivity index (χ0) is 17.6. The Labute approximate surface area is 148 Å². The van der Waals surface area contributed by atoms with Gasteiger partial charge in [-0.3, -0.25) is 9.59 Å². The fraction of sp³-hybridized carbons (Fsp3) is 0.500. The van der Waals surface area contributed by atoms with E-state index in [2.05, 4.69) is 25.1 Å². The summed E-state index contributed by atoms with van der Waals surface area (Å²) in [7, 11) is 1.93. The van der Waals surface area contributed by atoms with Gasteiger partial charge in [0.05, 0.1) is 5.92 Å². The Morgan fingerprint density at radius 2 is 1.72 bits per heavy atom. The van der Waals surface area contributed by atoms with E-state index >= 15 is 0 Å². The van der Waals surface area contributed by atoms with Crippen LogP contribution in [-0.2, 0) is 11.8 Å². The Morgan fingerprint density at radius 1 is 1.00 bits per heavy atom. The Kier molecular flexibility index (Phi) is 4.02. The minimum atomic E-state index is -0.0148. The molecule has 132 valence electrons. The van der Waals surface area contributed by atoms with Gasteiger partial charge in [0.15, 0.2) is 0 Å². The third-order valence-electron chi connectivity index (χ3n) is 5.60. The topological polar surface area (TPSA) is 45.6 Å². The molecule has 0 bridgehead atoms. The lowest BCUT2D eigenvalue weighted by Crippen LogP contribution is -2.57. The molecule has 0 N–H and O–H groups in total. The van der Waals surface area contributed by atoms with Crippen LogP contribution in [0.3, 0.4) is 0 Å². The standard InChI is InChI=1S/C20H25N3O2/c1-14-6-7-17-15(10-14)11-18(21(17)2)20(25)23-12-16(13-23)19(24)22-8-4-3-5-9-22/h6-7,10-11,16H,3-5,8-9,12-13H2,1-2H3. The van der Waals surface area contributed by atoms with Crippen molar-refractivity contribution in [1.29, 1.82) is 0 Å². The Hall–Kier alpha value is -2.30. The number of hydrogen-bond acceptors (Lipinski definition) is 2. The number of fused-ring (bicyclic) bond motifs is 1. The van der Waals surface area contributed by atoms with Gasteiger partial charge in [0.25, 0.3) is 5.91 Å². The van der Waals surface area contributed by atoms with Crippen LogP contribution in [0.25, 0.3) is 10.9 Å². The van der Waals surface area contributed by atoms with Gasteiger partial charge in [0.1, 0.15) is 5.69 Å². The van der Waals surface area contributed by atoms with E-state index in [-0.39, 0.29) is 17.7 Å². The molecule has 0 saturated carbocycles. The second kappa shape index (κ2) is 6.21. The summed E-state index contributed by atoms with van der Waals surface area (Å²) in [5, 5.41) is 1.09. The lowest BCUT2D eigenvalue weighted by molar-refractivity contribution is -0.140. The van der Waals surface area contributed by atoms with Crippen molar-refractivity contribution in [3.63, 3.8) is 0 Å². The highest BCUT2D eigenvalue weighted by Gasteiger charge is 2.39. The zero-order valence-electron chi connectivity index (χ0n) is 15.0. The fourth-order valence-corrected chi connectivity index (χ4v) is 4.01. The van der Waals surface area contributed by atoms with Crippen LogP contribution in [-0.4, -0.2) is 52.4 Å². The number of hydrogen-bond donors (Lipinski definition) is 0. The lowest BCUT2D eigenvalue weighted by atomic mass is 9.96. The minimum Gasteiger partial charge on any atom is -0.342 e. The van der Waals surface area contributed by atoms with Crippen LogP contribution in [0, 0.1) is 12.8 Å². The molecular weight excluding hydrogens is 314 g/mol. The van der Waals surface area contributed by atoms with Crippen molar-refractivity contribution >= 4 is 22.7 Å². The number of aryl methyl sites for hydroxylation is 2. The summed E-state index contributed by atoms with van der Waals surface area (Å²) < 4.78 is 1.96. The number of carbonyl (C=O) groups is 2. The quantitative estimate of drug-likeness (QED) is 0.844. The van der Waals surface area contributed by atoms with Crippen LogP contribution < -0.4 is 0 Å². The number of benzene rings is 1. The second-order valence-electron chi connectivity index (χ2n) is 7.44. The monoisotopic (exact) mass is 339 g/mol. The number of nitrogens with zero attached hydrogens (tertiary/aromatic N) is 3. The number of amides is 2.